The Labute approximate surface area is 140 Å². The predicted octanol–water partition coefficient (Wildman–Crippen LogP) is 3.21. The number of nitrogens with zero attached hydrogens (tertiary/aromatic N) is 1. The summed E-state index contributed by atoms with van der Waals surface area (Å²) in [5.74, 6) is 0.364. The summed E-state index contributed by atoms with van der Waals surface area (Å²) in [5, 5.41) is 0. The number of hydrogen-bond donors (Lipinski definition) is 0. The number of β-lactam (4-membered cyclic amide) rings is 1. The topological polar surface area (TPSA) is 55.8 Å². The third-order valence-electron chi connectivity index (χ3n) is 4.40. The van der Waals surface area contributed by atoms with Crippen LogP contribution in [0.15, 0.2) is 48.5 Å². The second-order valence-electron chi connectivity index (χ2n) is 5.75. The molecule has 0 spiro atoms. The van der Waals surface area contributed by atoms with Crippen LogP contribution in [0.4, 0.5) is 5.69 Å². The highest BCUT2D eigenvalue weighted by Crippen LogP contribution is 2.43. The van der Waals surface area contributed by atoms with Gasteiger partial charge in [-0.15, -0.1) is 0 Å². The molecule has 0 bridgehead atoms. The average molecular weight is 325 g/mol. The second-order valence-corrected chi connectivity index (χ2v) is 5.75. The third-order valence-corrected chi connectivity index (χ3v) is 4.40. The number of benzene rings is 2. The maximum absolute atomic E-state index is 12.3. The lowest BCUT2D eigenvalue weighted by Gasteiger charge is -2.46. The lowest BCUT2D eigenvalue weighted by molar-refractivity contribution is -0.129. The number of methoxy groups -OCH3 is 2. The van der Waals surface area contributed by atoms with Gasteiger partial charge in [0.25, 0.3) is 0 Å². The molecule has 24 heavy (non-hydrogen) atoms. The largest absolute Gasteiger partial charge is 0.497 e. The number of rotatable bonds is 4. The van der Waals surface area contributed by atoms with Gasteiger partial charge in [-0.05, 0) is 42.0 Å². The summed E-state index contributed by atoms with van der Waals surface area (Å²) in [6.07, 6.45) is 0. The fourth-order valence-corrected chi connectivity index (χ4v) is 3.04. The Hall–Kier alpha value is -2.82. The minimum absolute atomic E-state index is 0.0439. The Morgan fingerprint density at radius 3 is 2.17 bits per heavy atom. The summed E-state index contributed by atoms with van der Waals surface area (Å²) in [4.78, 5) is 25.7. The lowest BCUT2D eigenvalue weighted by Crippen LogP contribution is -2.54. The molecule has 2 atom stereocenters. The molecule has 0 aromatic heterocycles. The lowest BCUT2D eigenvalue weighted by atomic mass is 9.83. The van der Waals surface area contributed by atoms with Crippen LogP contribution in [0, 0.1) is 5.92 Å². The Morgan fingerprint density at radius 2 is 1.62 bits per heavy atom. The number of esters is 1. The van der Waals surface area contributed by atoms with Gasteiger partial charge in [0.2, 0.25) is 5.91 Å². The van der Waals surface area contributed by atoms with Gasteiger partial charge in [0.1, 0.15) is 5.75 Å². The molecule has 1 fully saturated rings. The molecular weight excluding hydrogens is 306 g/mol. The zero-order valence-electron chi connectivity index (χ0n) is 13.9. The molecule has 1 aliphatic rings. The monoisotopic (exact) mass is 325 g/mol. The zero-order chi connectivity index (χ0) is 17.3. The minimum atomic E-state index is -0.369. The highest BCUT2D eigenvalue weighted by molar-refractivity contribution is 6.03. The fraction of sp³-hybridized carbons (Fsp3) is 0.263. The SMILES string of the molecule is COC(=O)c1ccc(C2C(C)C(=O)N2c2ccc(OC)cc2)cc1. The smallest absolute Gasteiger partial charge is 0.337 e. The van der Waals surface area contributed by atoms with Crippen molar-refractivity contribution in [3.63, 3.8) is 0 Å². The summed E-state index contributed by atoms with van der Waals surface area (Å²) < 4.78 is 9.87. The Kier molecular flexibility index (Phi) is 4.25. The van der Waals surface area contributed by atoms with Crippen molar-refractivity contribution in [1.82, 2.24) is 0 Å². The molecule has 1 aliphatic heterocycles. The summed E-state index contributed by atoms with van der Waals surface area (Å²) >= 11 is 0. The molecule has 1 heterocycles. The molecule has 0 saturated carbocycles. The standard InChI is InChI=1S/C19H19NO4/c1-12-17(13-4-6-14(7-5-13)19(22)24-3)20(18(12)21)15-8-10-16(23-2)11-9-15/h4-12,17H,1-3H3. The van der Waals surface area contributed by atoms with Gasteiger partial charge in [0, 0.05) is 5.69 Å². The molecule has 5 nitrogen and oxygen atoms in total. The van der Waals surface area contributed by atoms with E-state index in [2.05, 4.69) is 0 Å². The van der Waals surface area contributed by atoms with E-state index in [1.807, 2.05) is 43.3 Å². The van der Waals surface area contributed by atoms with E-state index in [-0.39, 0.29) is 23.8 Å². The third kappa shape index (κ3) is 2.62. The summed E-state index contributed by atoms with van der Waals surface area (Å²) in [6, 6.07) is 14.6. The first-order valence-corrected chi connectivity index (χ1v) is 7.72. The molecule has 0 radical (unpaired) electrons. The van der Waals surface area contributed by atoms with Crippen molar-refractivity contribution in [2.45, 2.75) is 13.0 Å². The minimum Gasteiger partial charge on any atom is -0.497 e. The number of carbonyl (C=O) groups excluding carboxylic acids is 2. The number of hydrogen-bond acceptors (Lipinski definition) is 4. The van der Waals surface area contributed by atoms with E-state index < -0.39 is 0 Å². The molecule has 5 heteroatoms. The van der Waals surface area contributed by atoms with E-state index in [1.165, 1.54) is 7.11 Å². The van der Waals surface area contributed by atoms with Gasteiger partial charge in [-0.2, -0.15) is 0 Å². The van der Waals surface area contributed by atoms with Gasteiger partial charge in [0.05, 0.1) is 31.7 Å². The van der Waals surface area contributed by atoms with E-state index in [9.17, 15) is 9.59 Å². The molecule has 2 aromatic carbocycles. The summed E-state index contributed by atoms with van der Waals surface area (Å²) in [5.41, 5.74) is 2.32. The van der Waals surface area contributed by atoms with Crippen molar-refractivity contribution in [3.8, 4) is 5.75 Å². The van der Waals surface area contributed by atoms with Gasteiger partial charge in [-0.3, -0.25) is 4.79 Å². The van der Waals surface area contributed by atoms with E-state index in [0.717, 1.165) is 17.0 Å². The quantitative estimate of drug-likeness (QED) is 0.640. The second kappa shape index (κ2) is 6.35. The molecule has 3 rings (SSSR count). The van der Waals surface area contributed by atoms with Crippen molar-refractivity contribution in [2.24, 2.45) is 5.92 Å². The maximum Gasteiger partial charge on any atom is 0.337 e. The molecule has 2 unspecified atom stereocenters. The van der Waals surface area contributed by atoms with E-state index in [1.54, 1.807) is 24.1 Å². The van der Waals surface area contributed by atoms with E-state index in [4.69, 9.17) is 9.47 Å². The normalized spacial score (nSPS) is 19.6. The number of carbonyl (C=O) groups is 2. The maximum atomic E-state index is 12.3. The van der Waals surface area contributed by atoms with Crippen molar-refractivity contribution < 1.29 is 19.1 Å². The first kappa shape index (κ1) is 16.1. The van der Waals surface area contributed by atoms with Crippen LogP contribution in [-0.4, -0.2) is 26.1 Å². The first-order valence-electron chi connectivity index (χ1n) is 7.72. The van der Waals surface area contributed by atoms with E-state index in [0.29, 0.717) is 5.56 Å². The highest BCUT2D eigenvalue weighted by atomic mass is 16.5. The predicted molar refractivity (Wildman–Crippen MR) is 90.2 cm³/mol. The molecule has 1 amide bonds. The Bertz CT molecular complexity index is 752. The summed E-state index contributed by atoms with van der Waals surface area (Å²) in [7, 11) is 2.96. The van der Waals surface area contributed by atoms with Crippen molar-refractivity contribution >= 4 is 17.6 Å². The zero-order valence-corrected chi connectivity index (χ0v) is 13.9. The van der Waals surface area contributed by atoms with Gasteiger partial charge >= 0.3 is 5.97 Å². The van der Waals surface area contributed by atoms with Crippen LogP contribution >= 0.6 is 0 Å². The van der Waals surface area contributed by atoms with Crippen molar-refractivity contribution in [1.29, 1.82) is 0 Å². The molecule has 0 N–H and O–H groups in total. The van der Waals surface area contributed by atoms with Gasteiger partial charge in [0.15, 0.2) is 0 Å². The van der Waals surface area contributed by atoms with Crippen LogP contribution < -0.4 is 9.64 Å². The van der Waals surface area contributed by atoms with Crippen LogP contribution in [0.25, 0.3) is 0 Å². The van der Waals surface area contributed by atoms with E-state index >= 15 is 0 Å². The van der Waals surface area contributed by atoms with Crippen LogP contribution in [0.5, 0.6) is 5.75 Å². The molecular formula is C19H19NO4. The number of ether oxygens (including phenoxy) is 2. The van der Waals surface area contributed by atoms with Gasteiger partial charge in [-0.1, -0.05) is 19.1 Å². The van der Waals surface area contributed by atoms with Gasteiger partial charge in [-0.25, -0.2) is 4.79 Å². The number of anilines is 1. The molecule has 2 aromatic rings. The molecule has 0 aliphatic carbocycles. The summed E-state index contributed by atoms with van der Waals surface area (Å²) in [6.45, 7) is 1.92. The Balaban J connectivity index is 1.87. The van der Waals surface area contributed by atoms with Crippen LogP contribution in [-0.2, 0) is 9.53 Å². The van der Waals surface area contributed by atoms with Crippen LogP contribution in [0.2, 0.25) is 0 Å². The van der Waals surface area contributed by atoms with Crippen LogP contribution in [0.3, 0.4) is 0 Å². The first-order chi connectivity index (χ1) is 11.6. The highest BCUT2D eigenvalue weighted by Gasteiger charge is 2.45. The van der Waals surface area contributed by atoms with Crippen molar-refractivity contribution in [3.05, 3.63) is 59.7 Å². The Morgan fingerprint density at radius 1 is 1.00 bits per heavy atom. The van der Waals surface area contributed by atoms with Crippen LogP contribution in [0.1, 0.15) is 28.9 Å². The number of amides is 1. The fourth-order valence-electron chi connectivity index (χ4n) is 3.04. The van der Waals surface area contributed by atoms with Gasteiger partial charge < -0.3 is 14.4 Å². The molecule has 124 valence electrons. The average Bonchev–Trinajstić information content (AvgIpc) is 2.65. The van der Waals surface area contributed by atoms with Crippen molar-refractivity contribution in [2.75, 3.05) is 19.1 Å². The molecule has 1 saturated heterocycles.